The lowest BCUT2D eigenvalue weighted by molar-refractivity contribution is -0.136. The minimum atomic E-state index is -0.253. The van der Waals surface area contributed by atoms with Gasteiger partial charge in [-0.25, -0.2) is 4.98 Å². The first-order chi connectivity index (χ1) is 15.0. The van der Waals surface area contributed by atoms with Crippen LogP contribution in [0, 0.1) is 5.92 Å². The van der Waals surface area contributed by atoms with Crippen molar-refractivity contribution < 1.29 is 9.59 Å². The number of aromatic nitrogens is 1. The Bertz CT molecular complexity index is 986. The summed E-state index contributed by atoms with van der Waals surface area (Å²) in [7, 11) is 0. The number of hydrogen-bond donors (Lipinski definition) is 1. The van der Waals surface area contributed by atoms with E-state index in [1.165, 1.54) is 11.3 Å². The van der Waals surface area contributed by atoms with Gasteiger partial charge in [0.1, 0.15) is 0 Å². The second-order valence-corrected chi connectivity index (χ2v) is 8.79. The molecule has 2 aromatic carbocycles. The average molecular weight is 436 g/mol. The Morgan fingerprint density at radius 1 is 1.03 bits per heavy atom. The van der Waals surface area contributed by atoms with Gasteiger partial charge in [0.2, 0.25) is 11.8 Å². The Kier molecular flexibility index (Phi) is 7.95. The van der Waals surface area contributed by atoms with Crippen LogP contribution in [0.3, 0.4) is 0 Å². The molecule has 3 rings (SSSR count). The van der Waals surface area contributed by atoms with Gasteiger partial charge in [0, 0.05) is 17.5 Å². The minimum absolute atomic E-state index is 0.0123. The molecule has 1 unspecified atom stereocenters. The van der Waals surface area contributed by atoms with Crippen LogP contribution in [-0.4, -0.2) is 34.8 Å². The number of carbonyl (C=O) groups is 2. The van der Waals surface area contributed by atoms with Gasteiger partial charge in [-0.3, -0.25) is 9.59 Å². The van der Waals surface area contributed by atoms with Gasteiger partial charge in [-0.15, -0.1) is 11.3 Å². The molecule has 0 bridgehead atoms. The van der Waals surface area contributed by atoms with Crippen molar-refractivity contribution >= 4 is 28.3 Å². The predicted octanol–water partition coefficient (Wildman–Crippen LogP) is 5.43. The third-order valence-corrected chi connectivity index (χ3v) is 5.72. The zero-order chi connectivity index (χ0) is 22.2. The number of amides is 2. The summed E-state index contributed by atoms with van der Waals surface area (Å²) in [5.41, 5.74) is 2.81. The summed E-state index contributed by atoms with van der Waals surface area (Å²) in [6.45, 7) is 6.65. The number of anilines is 1. The van der Waals surface area contributed by atoms with Crippen LogP contribution in [0.5, 0.6) is 0 Å². The fourth-order valence-corrected chi connectivity index (χ4v) is 4.27. The van der Waals surface area contributed by atoms with E-state index in [1.54, 1.807) is 4.90 Å². The van der Waals surface area contributed by atoms with Crippen molar-refractivity contribution in [1.82, 2.24) is 9.88 Å². The Hall–Kier alpha value is -2.99. The van der Waals surface area contributed by atoms with Gasteiger partial charge < -0.3 is 10.2 Å². The third-order valence-electron chi connectivity index (χ3n) is 4.96. The zero-order valence-corrected chi connectivity index (χ0v) is 19.1. The molecule has 0 aliphatic rings. The van der Waals surface area contributed by atoms with E-state index in [9.17, 15) is 9.59 Å². The van der Waals surface area contributed by atoms with Crippen LogP contribution in [0.1, 0.15) is 38.7 Å². The van der Waals surface area contributed by atoms with Crippen LogP contribution in [0.25, 0.3) is 11.3 Å². The Labute approximate surface area is 188 Å². The highest BCUT2D eigenvalue weighted by Crippen LogP contribution is 2.25. The molecule has 5 nitrogen and oxygen atoms in total. The van der Waals surface area contributed by atoms with Crippen molar-refractivity contribution in [3.63, 3.8) is 0 Å². The summed E-state index contributed by atoms with van der Waals surface area (Å²) in [5, 5.41) is 5.32. The summed E-state index contributed by atoms with van der Waals surface area (Å²) in [4.78, 5) is 32.3. The van der Waals surface area contributed by atoms with Gasteiger partial charge in [-0.1, -0.05) is 81.4 Å². The standard InChI is InChI=1S/C25H29N3O2S/c1-4-21(19-11-7-5-8-12-19)24(30)28(15-18(2)3)16-23(29)27-25-26-22(17-31-25)20-13-9-6-10-14-20/h5-14,17-18,21H,4,15-16H2,1-3H3,(H,26,27,29). The summed E-state index contributed by atoms with van der Waals surface area (Å²) < 4.78 is 0. The first kappa shape index (κ1) is 22.7. The molecular weight excluding hydrogens is 406 g/mol. The second kappa shape index (κ2) is 10.9. The first-order valence-corrected chi connectivity index (χ1v) is 11.5. The van der Waals surface area contributed by atoms with Crippen molar-refractivity contribution in [3.05, 3.63) is 71.6 Å². The van der Waals surface area contributed by atoms with Crippen molar-refractivity contribution in [1.29, 1.82) is 0 Å². The normalized spacial score (nSPS) is 11.9. The summed E-state index contributed by atoms with van der Waals surface area (Å²) in [6, 6.07) is 19.6. The molecule has 2 amide bonds. The van der Waals surface area contributed by atoms with Gasteiger partial charge in [-0.2, -0.15) is 0 Å². The van der Waals surface area contributed by atoms with Crippen molar-refractivity contribution in [2.75, 3.05) is 18.4 Å². The molecule has 0 aliphatic heterocycles. The van der Waals surface area contributed by atoms with E-state index >= 15 is 0 Å². The average Bonchev–Trinajstić information content (AvgIpc) is 3.23. The molecule has 6 heteroatoms. The summed E-state index contributed by atoms with van der Waals surface area (Å²) >= 11 is 1.38. The van der Waals surface area contributed by atoms with E-state index in [1.807, 2.05) is 73.0 Å². The van der Waals surface area contributed by atoms with Crippen LogP contribution in [-0.2, 0) is 9.59 Å². The number of benzene rings is 2. The van der Waals surface area contributed by atoms with E-state index in [0.717, 1.165) is 16.8 Å². The molecular formula is C25H29N3O2S. The number of nitrogens with one attached hydrogen (secondary N) is 1. The molecule has 0 saturated heterocycles. The number of rotatable bonds is 9. The highest BCUT2D eigenvalue weighted by atomic mass is 32.1. The van der Waals surface area contributed by atoms with Crippen LogP contribution < -0.4 is 5.32 Å². The number of thiazole rings is 1. The molecule has 31 heavy (non-hydrogen) atoms. The second-order valence-electron chi connectivity index (χ2n) is 7.94. The smallest absolute Gasteiger partial charge is 0.245 e. The molecule has 0 aliphatic carbocycles. The molecule has 0 saturated carbocycles. The summed E-state index contributed by atoms with van der Waals surface area (Å²) in [5.74, 6) is -0.237. The maximum absolute atomic E-state index is 13.3. The van der Waals surface area contributed by atoms with E-state index in [0.29, 0.717) is 18.1 Å². The zero-order valence-electron chi connectivity index (χ0n) is 18.2. The van der Waals surface area contributed by atoms with E-state index in [-0.39, 0.29) is 30.2 Å². The largest absolute Gasteiger partial charge is 0.333 e. The molecule has 1 N–H and O–H groups in total. The molecule has 0 fully saturated rings. The van der Waals surface area contributed by atoms with Crippen LogP contribution in [0.2, 0.25) is 0 Å². The fraction of sp³-hybridized carbons (Fsp3) is 0.320. The third kappa shape index (κ3) is 6.25. The topological polar surface area (TPSA) is 62.3 Å². The molecule has 1 atom stereocenters. The maximum Gasteiger partial charge on any atom is 0.245 e. The van der Waals surface area contributed by atoms with E-state index < -0.39 is 0 Å². The molecule has 1 aromatic heterocycles. The van der Waals surface area contributed by atoms with E-state index in [4.69, 9.17) is 0 Å². The van der Waals surface area contributed by atoms with Gasteiger partial charge in [0.25, 0.3) is 0 Å². The van der Waals surface area contributed by atoms with Gasteiger partial charge in [0.05, 0.1) is 18.2 Å². The molecule has 0 radical (unpaired) electrons. The van der Waals surface area contributed by atoms with Gasteiger partial charge in [-0.05, 0) is 17.9 Å². The maximum atomic E-state index is 13.3. The SMILES string of the molecule is CCC(C(=O)N(CC(=O)Nc1nc(-c2ccccc2)cs1)CC(C)C)c1ccccc1. The fourth-order valence-electron chi connectivity index (χ4n) is 3.54. The van der Waals surface area contributed by atoms with Crippen LogP contribution in [0.4, 0.5) is 5.13 Å². The molecule has 162 valence electrons. The quantitative estimate of drug-likeness (QED) is 0.488. The lowest BCUT2D eigenvalue weighted by Crippen LogP contribution is -2.42. The summed E-state index contributed by atoms with van der Waals surface area (Å²) in [6.07, 6.45) is 0.686. The van der Waals surface area contributed by atoms with Crippen LogP contribution in [0.15, 0.2) is 66.0 Å². The van der Waals surface area contributed by atoms with Gasteiger partial charge >= 0.3 is 0 Å². The number of nitrogens with zero attached hydrogens (tertiary/aromatic N) is 2. The van der Waals surface area contributed by atoms with Crippen LogP contribution >= 0.6 is 11.3 Å². The number of hydrogen-bond acceptors (Lipinski definition) is 4. The molecule has 0 spiro atoms. The van der Waals surface area contributed by atoms with E-state index in [2.05, 4.69) is 24.1 Å². The van der Waals surface area contributed by atoms with Crippen molar-refractivity contribution in [2.45, 2.75) is 33.1 Å². The molecule has 1 heterocycles. The Morgan fingerprint density at radius 2 is 1.68 bits per heavy atom. The van der Waals surface area contributed by atoms with Crippen molar-refractivity contribution in [3.8, 4) is 11.3 Å². The minimum Gasteiger partial charge on any atom is -0.333 e. The Morgan fingerprint density at radius 3 is 2.29 bits per heavy atom. The highest BCUT2D eigenvalue weighted by molar-refractivity contribution is 7.14. The van der Waals surface area contributed by atoms with Gasteiger partial charge in [0.15, 0.2) is 5.13 Å². The first-order valence-electron chi connectivity index (χ1n) is 10.6. The Balaban J connectivity index is 1.69. The highest BCUT2D eigenvalue weighted by Gasteiger charge is 2.26. The lowest BCUT2D eigenvalue weighted by Gasteiger charge is -2.28. The lowest BCUT2D eigenvalue weighted by atomic mass is 9.94. The molecule has 3 aromatic rings. The van der Waals surface area contributed by atoms with Crippen molar-refractivity contribution in [2.24, 2.45) is 5.92 Å². The predicted molar refractivity (Wildman–Crippen MR) is 127 cm³/mol. The monoisotopic (exact) mass is 435 g/mol. The number of carbonyl (C=O) groups excluding carboxylic acids is 2.